The molecule has 2 N–H and O–H groups in total. The number of unbranched alkanes of at least 4 members (excludes halogenated alkanes) is 28. The van der Waals surface area contributed by atoms with Crippen LogP contribution >= 0.6 is 0 Å². The Morgan fingerprint density at radius 3 is 1.08 bits per heavy atom. The molecule has 0 saturated carbocycles. The normalized spacial score (nSPS) is 13.7. The number of rotatable bonds is 41. The number of carbonyl (C=O) groups is 1. The summed E-state index contributed by atoms with van der Waals surface area (Å²) in [5, 5.41) is 0. The number of amides is 1. The summed E-state index contributed by atoms with van der Waals surface area (Å²) in [7, 11) is 0. The summed E-state index contributed by atoms with van der Waals surface area (Å²) in [6.07, 6.45) is 54.3. The standard InChI is InChI=1S/C47H93NO/c1-5-9-13-16-19-22-24-25-26-28-30-33-36-39-43-46(47(48)49)45(42-38-35-32-29-27-23-20-17-14-10-6-2)44(40-12-8-4)41-37-34-31-21-18-15-11-7-3/h25-26,44-46H,5-24,27-43H2,1-4H3,(H2,48,49). The van der Waals surface area contributed by atoms with Crippen LogP contribution in [0.1, 0.15) is 265 Å². The lowest BCUT2D eigenvalue weighted by Gasteiger charge is -2.33. The van der Waals surface area contributed by atoms with Crippen molar-refractivity contribution in [3.8, 4) is 0 Å². The minimum Gasteiger partial charge on any atom is -0.369 e. The zero-order valence-electron chi connectivity index (χ0n) is 34.5. The molecule has 0 aliphatic carbocycles. The van der Waals surface area contributed by atoms with Crippen LogP contribution < -0.4 is 5.73 Å². The van der Waals surface area contributed by atoms with Gasteiger partial charge in [0.1, 0.15) is 0 Å². The van der Waals surface area contributed by atoms with Crippen molar-refractivity contribution in [2.75, 3.05) is 0 Å². The molecule has 2 heteroatoms. The molecule has 0 fully saturated rings. The summed E-state index contributed by atoms with van der Waals surface area (Å²) in [6, 6.07) is 0. The van der Waals surface area contributed by atoms with E-state index in [2.05, 4.69) is 39.8 Å². The van der Waals surface area contributed by atoms with Gasteiger partial charge >= 0.3 is 0 Å². The van der Waals surface area contributed by atoms with Crippen LogP contribution in [-0.2, 0) is 4.79 Å². The quantitative estimate of drug-likeness (QED) is 0.0504. The Morgan fingerprint density at radius 2 is 0.694 bits per heavy atom. The maximum Gasteiger partial charge on any atom is 0.220 e. The molecule has 0 aliphatic rings. The second-order valence-corrected chi connectivity index (χ2v) is 16.2. The van der Waals surface area contributed by atoms with Gasteiger partial charge in [0, 0.05) is 5.92 Å². The second kappa shape index (κ2) is 40.0. The highest BCUT2D eigenvalue weighted by atomic mass is 16.1. The molecule has 292 valence electrons. The van der Waals surface area contributed by atoms with Gasteiger partial charge in [-0.15, -0.1) is 0 Å². The Bertz CT molecular complexity index is 671. The van der Waals surface area contributed by atoms with Crippen molar-refractivity contribution in [2.45, 2.75) is 265 Å². The van der Waals surface area contributed by atoms with E-state index in [1.54, 1.807) is 0 Å². The Labute approximate surface area is 310 Å². The van der Waals surface area contributed by atoms with Crippen LogP contribution in [0.3, 0.4) is 0 Å². The average Bonchev–Trinajstić information content (AvgIpc) is 3.10. The Kier molecular flexibility index (Phi) is 39.3. The molecular formula is C47H93NO. The number of allylic oxidation sites excluding steroid dienone is 2. The lowest BCUT2D eigenvalue weighted by Crippen LogP contribution is -2.34. The first kappa shape index (κ1) is 48.2. The zero-order chi connectivity index (χ0) is 35.9. The molecule has 0 spiro atoms. The monoisotopic (exact) mass is 688 g/mol. The fourth-order valence-electron chi connectivity index (χ4n) is 8.21. The molecule has 0 saturated heterocycles. The Hall–Kier alpha value is -0.790. The molecule has 2 nitrogen and oxygen atoms in total. The number of nitrogens with two attached hydrogens (primary N) is 1. The summed E-state index contributed by atoms with van der Waals surface area (Å²) < 4.78 is 0. The molecule has 0 aromatic rings. The van der Waals surface area contributed by atoms with Crippen molar-refractivity contribution in [2.24, 2.45) is 23.5 Å². The number of hydrogen-bond donors (Lipinski definition) is 1. The van der Waals surface area contributed by atoms with Crippen LogP contribution in [0.2, 0.25) is 0 Å². The van der Waals surface area contributed by atoms with Crippen LogP contribution in [-0.4, -0.2) is 5.91 Å². The highest BCUT2D eigenvalue weighted by Gasteiger charge is 2.31. The molecular weight excluding hydrogens is 595 g/mol. The third kappa shape index (κ3) is 32.8. The van der Waals surface area contributed by atoms with Gasteiger partial charge < -0.3 is 5.73 Å². The third-order valence-electron chi connectivity index (χ3n) is 11.5. The summed E-state index contributed by atoms with van der Waals surface area (Å²) >= 11 is 0. The van der Waals surface area contributed by atoms with E-state index in [1.165, 1.54) is 231 Å². The van der Waals surface area contributed by atoms with Gasteiger partial charge in [-0.05, 0) is 50.4 Å². The predicted octanol–water partition coefficient (Wildman–Crippen LogP) is 16.4. The maximum absolute atomic E-state index is 13.1. The van der Waals surface area contributed by atoms with Crippen molar-refractivity contribution < 1.29 is 4.79 Å². The molecule has 0 rings (SSSR count). The minimum absolute atomic E-state index is 0.00289. The van der Waals surface area contributed by atoms with E-state index >= 15 is 0 Å². The molecule has 0 aromatic carbocycles. The summed E-state index contributed by atoms with van der Waals surface area (Å²) in [6.45, 7) is 9.23. The summed E-state index contributed by atoms with van der Waals surface area (Å²) in [5.41, 5.74) is 6.27. The van der Waals surface area contributed by atoms with Crippen LogP contribution in [0, 0.1) is 17.8 Å². The van der Waals surface area contributed by atoms with E-state index in [1.807, 2.05) is 0 Å². The molecule has 0 radical (unpaired) electrons. The molecule has 49 heavy (non-hydrogen) atoms. The molecule has 0 heterocycles. The van der Waals surface area contributed by atoms with E-state index in [9.17, 15) is 4.79 Å². The van der Waals surface area contributed by atoms with Crippen LogP contribution in [0.25, 0.3) is 0 Å². The average molecular weight is 688 g/mol. The smallest absolute Gasteiger partial charge is 0.220 e. The second-order valence-electron chi connectivity index (χ2n) is 16.2. The third-order valence-corrected chi connectivity index (χ3v) is 11.5. The summed E-state index contributed by atoms with van der Waals surface area (Å²) in [4.78, 5) is 13.1. The molecule has 1 amide bonds. The van der Waals surface area contributed by atoms with E-state index < -0.39 is 0 Å². The van der Waals surface area contributed by atoms with E-state index in [0.717, 1.165) is 6.42 Å². The van der Waals surface area contributed by atoms with Crippen LogP contribution in [0.5, 0.6) is 0 Å². The SMILES string of the molecule is CCCCCCCCC=CCCCCCCC(C(N)=O)C(CCCCCCCCCCCCC)C(CCCC)CCCCCCCCCC. The lowest BCUT2D eigenvalue weighted by molar-refractivity contribution is -0.124. The van der Waals surface area contributed by atoms with Gasteiger partial charge in [0.2, 0.25) is 5.91 Å². The fraction of sp³-hybridized carbons (Fsp3) is 0.936. The van der Waals surface area contributed by atoms with Crippen molar-refractivity contribution >= 4 is 5.91 Å². The van der Waals surface area contributed by atoms with Gasteiger partial charge in [0.05, 0.1) is 0 Å². The van der Waals surface area contributed by atoms with Gasteiger partial charge in [-0.25, -0.2) is 0 Å². The minimum atomic E-state index is 0.00289. The predicted molar refractivity (Wildman–Crippen MR) is 222 cm³/mol. The lowest BCUT2D eigenvalue weighted by atomic mass is 9.72. The van der Waals surface area contributed by atoms with Crippen molar-refractivity contribution in [1.29, 1.82) is 0 Å². The molecule has 3 unspecified atom stereocenters. The van der Waals surface area contributed by atoms with Crippen LogP contribution in [0.15, 0.2) is 12.2 Å². The van der Waals surface area contributed by atoms with Crippen molar-refractivity contribution in [1.82, 2.24) is 0 Å². The fourth-order valence-corrected chi connectivity index (χ4v) is 8.21. The first-order valence-electron chi connectivity index (χ1n) is 23.1. The van der Waals surface area contributed by atoms with Gasteiger partial charge in [0.15, 0.2) is 0 Å². The van der Waals surface area contributed by atoms with Crippen molar-refractivity contribution in [3.63, 3.8) is 0 Å². The highest BCUT2D eigenvalue weighted by Crippen LogP contribution is 2.37. The molecule has 0 aliphatic heterocycles. The maximum atomic E-state index is 13.1. The number of hydrogen-bond acceptors (Lipinski definition) is 1. The van der Waals surface area contributed by atoms with Gasteiger partial charge in [-0.2, -0.15) is 0 Å². The Balaban J connectivity index is 4.87. The van der Waals surface area contributed by atoms with E-state index in [-0.39, 0.29) is 11.8 Å². The Morgan fingerprint density at radius 1 is 0.388 bits per heavy atom. The molecule has 0 aromatic heterocycles. The first-order chi connectivity index (χ1) is 24.1. The van der Waals surface area contributed by atoms with Gasteiger partial charge in [-0.1, -0.05) is 239 Å². The molecule has 0 bridgehead atoms. The number of primary amides is 1. The molecule has 3 atom stereocenters. The van der Waals surface area contributed by atoms with Gasteiger partial charge in [-0.3, -0.25) is 4.79 Å². The van der Waals surface area contributed by atoms with Crippen molar-refractivity contribution in [3.05, 3.63) is 12.2 Å². The van der Waals surface area contributed by atoms with Crippen LogP contribution in [0.4, 0.5) is 0 Å². The van der Waals surface area contributed by atoms with Gasteiger partial charge in [0.25, 0.3) is 0 Å². The number of carbonyl (C=O) groups excluding carboxylic acids is 1. The van der Waals surface area contributed by atoms with E-state index in [4.69, 9.17) is 5.73 Å². The first-order valence-corrected chi connectivity index (χ1v) is 23.1. The van der Waals surface area contributed by atoms with E-state index in [0.29, 0.717) is 11.8 Å². The largest absolute Gasteiger partial charge is 0.369 e. The topological polar surface area (TPSA) is 43.1 Å². The highest BCUT2D eigenvalue weighted by molar-refractivity contribution is 5.77. The summed E-state index contributed by atoms with van der Waals surface area (Å²) in [5.74, 6) is 1.26. The zero-order valence-corrected chi connectivity index (χ0v) is 34.5.